The van der Waals surface area contributed by atoms with Gasteiger partial charge in [0.25, 0.3) is 0 Å². The summed E-state index contributed by atoms with van der Waals surface area (Å²) in [7, 11) is 2.02. The molecule has 0 aliphatic rings. The summed E-state index contributed by atoms with van der Waals surface area (Å²) < 4.78 is 7.77. The first-order valence-corrected chi connectivity index (χ1v) is 7.94. The number of para-hydroxylation sites is 2. The van der Waals surface area contributed by atoms with E-state index in [4.69, 9.17) is 10.00 Å². The first-order valence-electron chi connectivity index (χ1n) is 6.95. The number of rotatable bonds is 5. The number of hydrogen-bond acceptors (Lipinski definition) is 4. The highest BCUT2D eigenvalue weighted by Crippen LogP contribution is 2.22. The zero-order chi connectivity index (χ0) is 15.4. The van der Waals surface area contributed by atoms with E-state index in [0.717, 1.165) is 27.7 Å². The van der Waals surface area contributed by atoms with E-state index in [1.165, 1.54) is 0 Å². The van der Waals surface area contributed by atoms with E-state index in [1.54, 1.807) is 23.9 Å². The molecule has 1 aromatic heterocycles. The number of benzene rings is 2. The molecule has 110 valence electrons. The number of aryl methyl sites for hydroxylation is 1. The molecule has 0 N–H and O–H groups in total. The molecule has 0 amide bonds. The Hall–Kier alpha value is -2.45. The molecule has 0 saturated carbocycles. The van der Waals surface area contributed by atoms with Crippen molar-refractivity contribution in [2.75, 3.05) is 12.4 Å². The van der Waals surface area contributed by atoms with Crippen LogP contribution in [0.25, 0.3) is 11.0 Å². The lowest BCUT2D eigenvalue weighted by Gasteiger charge is -2.06. The van der Waals surface area contributed by atoms with E-state index < -0.39 is 0 Å². The lowest BCUT2D eigenvalue weighted by molar-refractivity contribution is 0.343. The summed E-state index contributed by atoms with van der Waals surface area (Å²) in [5, 5.41) is 9.84. The predicted molar refractivity (Wildman–Crippen MR) is 88.1 cm³/mol. The van der Waals surface area contributed by atoms with Gasteiger partial charge in [0, 0.05) is 12.8 Å². The van der Waals surface area contributed by atoms with Crippen molar-refractivity contribution in [1.29, 1.82) is 5.26 Å². The van der Waals surface area contributed by atoms with Crippen LogP contribution in [0.1, 0.15) is 5.56 Å². The highest BCUT2D eigenvalue weighted by atomic mass is 32.2. The van der Waals surface area contributed by atoms with Crippen molar-refractivity contribution < 1.29 is 4.74 Å². The zero-order valence-electron chi connectivity index (χ0n) is 12.2. The Bertz CT molecular complexity index is 835. The van der Waals surface area contributed by atoms with Crippen LogP contribution in [-0.2, 0) is 7.05 Å². The van der Waals surface area contributed by atoms with Crippen molar-refractivity contribution in [2.45, 2.75) is 5.16 Å². The van der Waals surface area contributed by atoms with Gasteiger partial charge in [-0.15, -0.1) is 0 Å². The van der Waals surface area contributed by atoms with Gasteiger partial charge in [-0.1, -0.05) is 30.0 Å². The van der Waals surface area contributed by atoms with Crippen molar-refractivity contribution in [2.24, 2.45) is 7.05 Å². The predicted octanol–water partition coefficient (Wildman–Crippen LogP) is 3.62. The van der Waals surface area contributed by atoms with Crippen molar-refractivity contribution in [3.63, 3.8) is 0 Å². The summed E-state index contributed by atoms with van der Waals surface area (Å²) in [6.07, 6.45) is 0. The van der Waals surface area contributed by atoms with Crippen LogP contribution in [0.3, 0.4) is 0 Å². The van der Waals surface area contributed by atoms with E-state index in [0.29, 0.717) is 12.2 Å². The van der Waals surface area contributed by atoms with Gasteiger partial charge in [-0.05, 0) is 30.3 Å². The Morgan fingerprint density at radius 2 is 2.09 bits per heavy atom. The Kier molecular flexibility index (Phi) is 4.31. The minimum absolute atomic E-state index is 0.572. The first kappa shape index (κ1) is 14.5. The van der Waals surface area contributed by atoms with E-state index >= 15 is 0 Å². The molecule has 3 aromatic rings. The SMILES string of the molecule is Cn1c(SCCOc2cccc(C#N)c2)nc2ccccc21. The molecular weight excluding hydrogens is 294 g/mol. The third kappa shape index (κ3) is 3.07. The minimum atomic E-state index is 0.572. The lowest BCUT2D eigenvalue weighted by Crippen LogP contribution is -2.01. The molecule has 0 spiro atoms. The maximum atomic E-state index is 8.86. The van der Waals surface area contributed by atoms with Gasteiger partial charge >= 0.3 is 0 Å². The molecule has 2 aromatic carbocycles. The second-order valence-corrected chi connectivity index (χ2v) is 5.84. The van der Waals surface area contributed by atoms with Crippen LogP contribution in [0.4, 0.5) is 0 Å². The molecule has 22 heavy (non-hydrogen) atoms. The summed E-state index contributed by atoms with van der Waals surface area (Å²) in [5.41, 5.74) is 2.75. The van der Waals surface area contributed by atoms with Crippen LogP contribution in [-0.4, -0.2) is 21.9 Å². The van der Waals surface area contributed by atoms with Crippen molar-refractivity contribution in [3.05, 3.63) is 54.1 Å². The third-order valence-electron chi connectivity index (χ3n) is 3.29. The van der Waals surface area contributed by atoms with Gasteiger partial charge in [-0.25, -0.2) is 4.98 Å². The van der Waals surface area contributed by atoms with Crippen LogP contribution < -0.4 is 4.74 Å². The third-order valence-corrected chi connectivity index (χ3v) is 4.29. The second kappa shape index (κ2) is 6.54. The van der Waals surface area contributed by atoms with Gasteiger partial charge in [-0.3, -0.25) is 0 Å². The number of thioether (sulfide) groups is 1. The second-order valence-electron chi connectivity index (χ2n) is 4.78. The molecule has 0 aliphatic heterocycles. The fraction of sp³-hybridized carbons (Fsp3) is 0.176. The van der Waals surface area contributed by atoms with E-state index in [9.17, 15) is 0 Å². The number of hydrogen-bond donors (Lipinski definition) is 0. The van der Waals surface area contributed by atoms with Gasteiger partial charge in [0.1, 0.15) is 5.75 Å². The highest BCUT2D eigenvalue weighted by molar-refractivity contribution is 7.99. The van der Waals surface area contributed by atoms with Gasteiger partial charge in [-0.2, -0.15) is 5.26 Å². The lowest BCUT2D eigenvalue weighted by atomic mass is 10.2. The molecule has 0 saturated heterocycles. The van der Waals surface area contributed by atoms with Crippen LogP contribution >= 0.6 is 11.8 Å². The van der Waals surface area contributed by atoms with Crippen LogP contribution in [0.15, 0.2) is 53.7 Å². The van der Waals surface area contributed by atoms with E-state index in [-0.39, 0.29) is 0 Å². The summed E-state index contributed by atoms with van der Waals surface area (Å²) >= 11 is 1.66. The maximum Gasteiger partial charge on any atom is 0.168 e. The first-order chi connectivity index (χ1) is 10.8. The average molecular weight is 309 g/mol. The highest BCUT2D eigenvalue weighted by Gasteiger charge is 2.07. The number of aromatic nitrogens is 2. The van der Waals surface area contributed by atoms with Gasteiger partial charge in [0.15, 0.2) is 5.16 Å². The van der Waals surface area contributed by atoms with Crippen molar-refractivity contribution in [1.82, 2.24) is 9.55 Å². The number of nitrogens with zero attached hydrogens (tertiary/aromatic N) is 3. The van der Waals surface area contributed by atoms with Crippen LogP contribution in [0, 0.1) is 11.3 Å². The van der Waals surface area contributed by atoms with Crippen molar-refractivity contribution in [3.8, 4) is 11.8 Å². The molecule has 3 rings (SSSR count). The summed E-state index contributed by atoms with van der Waals surface area (Å²) in [6, 6.07) is 17.4. The Balaban J connectivity index is 1.58. The minimum Gasteiger partial charge on any atom is -0.493 e. The zero-order valence-corrected chi connectivity index (χ0v) is 13.0. The van der Waals surface area contributed by atoms with Crippen LogP contribution in [0.5, 0.6) is 5.75 Å². The monoisotopic (exact) mass is 309 g/mol. The molecular formula is C17H15N3OS. The molecule has 0 atom stereocenters. The van der Waals surface area contributed by atoms with Crippen molar-refractivity contribution >= 4 is 22.8 Å². The Morgan fingerprint density at radius 1 is 1.23 bits per heavy atom. The van der Waals surface area contributed by atoms with E-state index in [1.807, 2.05) is 37.4 Å². The largest absolute Gasteiger partial charge is 0.493 e. The maximum absolute atomic E-state index is 8.86. The summed E-state index contributed by atoms with van der Waals surface area (Å²) in [5.74, 6) is 1.53. The number of ether oxygens (including phenoxy) is 1. The smallest absolute Gasteiger partial charge is 0.168 e. The topological polar surface area (TPSA) is 50.8 Å². The number of fused-ring (bicyclic) bond motifs is 1. The van der Waals surface area contributed by atoms with Gasteiger partial charge in [0.05, 0.1) is 29.3 Å². The summed E-state index contributed by atoms with van der Waals surface area (Å²) in [6.45, 7) is 0.572. The van der Waals surface area contributed by atoms with Gasteiger partial charge < -0.3 is 9.30 Å². The summed E-state index contributed by atoms with van der Waals surface area (Å²) in [4.78, 5) is 4.61. The van der Waals surface area contributed by atoms with Crippen LogP contribution in [0.2, 0.25) is 0 Å². The molecule has 0 radical (unpaired) electrons. The van der Waals surface area contributed by atoms with E-state index in [2.05, 4.69) is 21.7 Å². The molecule has 0 fully saturated rings. The Morgan fingerprint density at radius 3 is 2.91 bits per heavy atom. The molecule has 0 bridgehead atoms. The molecule has 5 heteroatoms. The fourth-order valence-electron chi connectivity index (χ4n) is 2.20. The average Bonchev–Trinajstić information content (AvgIpc) is 2.88. The Labute approximate surface area is 133 Å². The fourth-order valence-corrected chi connectivity index (χ4v) is 3.00. The van der Waals surface area contributed by atoms with Gasteiger partial charge in [0.2, 0.25) is 0 Å². The molecule has 1 heterocycles. The molecule has 4 nitrogen and oxygen atoms in total. The number of imidazole rings is 1. The quantitative estimate of drug-likeness (QED) is 0.533. The normalized spacial score (nSPS) is 10.5. The molecule has 0 unspecified atom stereocenters. The standard InChI is InChI=1S/C17H15N3OS/c1-20-16-8-3-2-7-15(16)19-17(20)22-10-9-21-14-6-4-5-13(11-14)12-18/h2-8,11H,9-10H2,1H3. The molecule has 0 aliphatic carbocycles. The number of nitriles is 1.